The van der Waals surface area contributed by atoms with E-state index in [1.165, 1.54) is 25.5 Å². The number of carbonyl (C=O) groups excluding carboxylic acids is 1. The lowest BCUT2D eigenvalue weighted by Crippen LogP contribution is -2.46. The predicted octanol–water partition coefficient (Wildman–Crippen LogP) is 4.37. The summed E-state index contributed by atoms with van der Waals surface area (Å²) < 4.78 is 29.2. The summed E-state index contributed by atoms with van der Waals surface area (Å²) in [6.45, 7) is 2.28. The van der Waals surface area contributed by atoms with Crippen molar-refractivity contribution in [2.45, 2.75) is 62.1 Å². The topological polar surface area (TPSA) is 79.8 Å². The van der Waals surface area contributed by atoms with E-state index >= 15 is 0 Å². The van der Waals surface area contributed by atoms with Crippen LogP contribution in [0.4, 0.5) is 4.79 Å². The van der Waals surface area contributed by atoms with E-state index < -0.39 is 9.84 Å². The molecule has 1 aromatic heterocycles. The first-order chi connectivity index (χ1) is 16.8. The number of piperidine rings is 1. The summed E-state index contributed by atoms with van der Waals surface area (Å²) in [6, 6.07) is 11.3. The molecule has 2 aliphatic carbocycles. The van der Waals surface area contributed by atoms with Crippen molar-refractivity contribution in [3.8, 4) is 11.3 Å². The van der Waals surface area contributed by atoms with E-state index in [-0.39, 0.29) is 12.2 Å². The van der Waals surface area contributed by atoms with Gasteiger partial charge in [0, 0.05) is 43.7 Å². The van der Waals surface area contributed by atoms with Gasteiger partial charge in [0.2, 0.25) is 0 Å². The second kappa shape index (κ2) is 9.90. The molecule has 0 N–H and O–H groups in total. The van der Waals surface area contributed by atoms with E-state index in [2.05, 4.69) is 23.0 Å². The molecule has 7 nitrogen and oxygen atoms in total. The first-order valence-corrected chi connectivity index (χ1v) is 14.6. The van der Waals surface area contributed by atoms with Crippen molar-refractivity contribution in [1.82, 2.24) is 14.8 Å². The number of likely N-dealkylation sites (tertiary alicyclic amines) is 1. The molecular formula is C27H35N3O4S. The number of benzene rings is 1. The van der Waals surface area contributed by atoms with Gasteiger partial charge in [0.15, 0.2) is 9.84 Å². The number of sulfone groups is 1. The summed E-state index contributed by atoms with van der Waals surface area (Å²) in [5.41, 5.74) is 2.84. The van der Waals surface area contributed by atoms with Crippen molar-refractivity contribution in [2.75, 3.05) is 26.4 Å². The fourth-order valence-corrected chi connectivity index (χ4v) is 6.63. The van der Waals surface area contributed by atoms with E-state index in [0.29, 0.717) is 16.9 Å². The molecule has 0 unspecified atom stereocenters. The molecule has 5 rings (SSSR count). The zero-order chi connectivity index (χ0) is 24.6. The molecule has 0 radical (unpaired) electrons. The van der Waals surface area contributed by atoms with Crippen LogP contribution in [0, 0.1) is 11.8 Å². The van der Waals surface area contributed by atoms with Gasteiger partial charge < -0.3 is 9.64 Å². The monoisotopic (exact) mass is 497 g/mol. The zero-order valence-corrected chi connectivity index (χ0v) is 21.4. The molecule has 0 spiro atoms. The molecule has 1 amide bonds. The number of ether oxygens (including phenoxy) is 1. The van der Waals surface area contributed by atoms with Gasteiger partial charge in [0.05, 0.1) is 10.6 Å². The molecule has 188 valence electrons. The molecule has 3 atom stereocenters. The quantitative estimate of drug-likeness (QED) is 0.590. The van der Waals surface area contributed by atoms with Crippen LogP contribution in [0.5, 0.6) is 0 Å². The summed E-state index contributed by atoms with van der Waals surface area (Å²) in [5.74, 6) is 1.38. The number of hydrogen-bond acceptors (Lipinski definition) is 6. The Labute approximate surface area is 208 Å². The van der Waals surface area contributed by atoms with Crippen LogP contribution in [-0.4, -0.2) is 67.8 Å². The van der Waals surface area contributed by atoms with Crippen LogP contribution in [-0.2, 0) is 21.1 Å². The zero-order valence-electron chi connectivity index (χ0n) is 20.6. The van der Waals surface area contributed by atoms with Crippen LogP contribution in [0.3, 0.4) is 0 Å². The number of nitrogens with zero attached hydrogens (tertiary/aromatic N) is 3. The van der Waals surface area contributed by atoms with Crippen LogP contribution in [0.25, 0.3) is 11.3 Å². The smallest absolute Gasteiger partial charge is 0.410 e. The van der Waals surface area contributed by atoms with Crippen LogP contribution >= 0.6 is 0 Å². The highest BCUT2D eigenvalue weighted by Gasteiger charge is 2.42. The van der Waals surface area contributed by atoms with Gasteiger partial charge in [-0.15, -0.1) is 0 Å². The molecule has 8 heteroatoms. The van der Waals surface area contributed by atoms with Gasteiger partial charge in [0.25, 0.3) is 0 Å². The molecule has 3 aliphatic rings. The molecule has 2 bridgehead atoms. The molecule has 3 fully saturated rings. The van der Waals surface area contributed by atoms with E-state index in [4.69, 9.17) is 4.74 Å². The summed E-state index contributed by atoms with van der Waals surface area (Å²) in [6.07, 6.45) is 9.86. The van der Waals surface area contributed by atoms with Crippen molar-refractivity contribution >= 4 is 15.9 Å². The highest BCUT2D eigenvalue weighted by Crippen LogP contribution is 2.46. The third-order valence-corrected chi connectivity index (χ3v) is 9.23. The number of fused-ring (bicyclic) bond motifs is 2. The Hall–Kier alpha value is -2.45. The van der Waals surface area contributed by atoms with Crippen molar-refractivity contribution in [3.05, 3.63) is 48.2 Å². The maximum absolute atomic E-state index is 12.7. The Bertz CT molecular complexity index is 1140. The van der Waals surface area contributed by atoms with Crippen molar-refractivity contribution in [2.24, 2.45) is 11.8 Å². The van der Waals surface area contributed by atoms with E-state index in [1.54, 1.807) is 24.3 Å². The number of rotatable bonds is 6. The predicted molar refractivity (Wildman–Crippen MR) is 135 cm³/mol. The second-order valence-corrected chi connectivity index (χ2v) is 12.6. The number of aromatic nitrogens is 1. The Morgan fingerprint density at radius 1 is 1.06 bits per heavy atom. The third kappa shape index (κ3) is 5.54. The van der Waals surface area contributed by atoms with Gasteiger partial charge in [-0.1, -0.05) is 18.2 Å². The Balaban J connectivity index is 1.10. The summed E-state index contributed by atoms with van der Waals surface area (Å²) in [5, 5.41) is 0. The van der Waals surface area contributed by atoms with Gasteiger partial charge in [-0.25, -0.2) is 13.2 Å². The van der Waals surface area contributed by atoms with Gasteiger partial charge in [-0.2, -0.15) is 0 Å². The normalized spacial score (nSPS) is 24.8. The minimum Gasteiger partial charge on any atom is -0.446 e. The van der Waals surface area contributed by atoms with Crippen LogP contribution in [0.2, 0.25) is 0 Å². The maximum Gasteiger partial charge on any atom is 0.410 e. The molecule has 1 aromatic carbocycles. The first kappa shape index (κ1) is 24.3. The van der Waals surface area contributed by atoms with Gasteiger partial charge in [-0.3, -0.25) is 9.88 Å². The molecule has 35 heavy (non-hydrogen) atoms. The van der Waals surface area contributed by atoms with Crippen molar-refractivity contribution in [3.63, 3.8) is 0 Å². The first-order valence-electron chi connectivity index (χ1n) is 12.7. The van der Waals surface area contributed by atoms with E-state index in [9.17, 15) is 13.2 Å². The van der Waals surface area contributed by atoms with Crippen LogP contribution in [0.15, 0.2) is 47.5 Å². The highest BCUT2D eigenvalue weighted by atomic mass is 32.2. The minimum atomic E-state index is -3.20. The average Bonchev–Trinajstić information content (AvgIpc) is 3.48. The third-order valence-electron chi connectivity index (χ3n) is 8.11. The maximum atomic E-state index is 12.7. The lowest BCUT2D eigenvalue weighted by molar-refractivity contribution is 0.0265. The lowest BCUT2D eigenvalue weighted by Gasteiger charge is -2.37. The fourth-order valence-electron chi connectivity index (χ4n) is 6.00. The van der Waals surface area contributed by atoms with E-state index in [1.807, 2.05) is 17.2 Å². The molecule has 1 saturated heterocycles. The summed E-state index contributed by atoms with van der Waals surface area (Å²) in [7, 11) is -1.07. The molecule has 2 heterocycles. The molecule has 2 aromatic rings. The Morgan fingerprint density at radius 2 is 1.80 bits per heavy atom. The largest absolute Gasteiger partial charge is 0.446 e. The van der Waals surface area contributed by atoms with Gasteiger partial charge in [0.1, 0.15) is 6.10 Å². The second-order valence-electron chi connectivity index (χ2n) is 10.6. The number of carbonyl (C=O) groups is 1. The average molecular weight is 498 g/mol. The summed E-state index contributed by atoms with van der Waals surface area (Å²) in [4.78, 5) is 21.8. The fraction of sp³-hybridized carbons (Fsp3) is 0.556. The van der Waals surface area contributed by atoms with Crippen LogP contribution in [0.1, 0.15) is 44.1 Å². The van der Waals surface area contributed by atoms with Crippen molar-refractivity contribution < 1.29 is 17.9 Å². The van der Waals surface area contributed by atoms with E-state index in [0.717, 1.165) is 61.6 Å². The molecular weight excluding hydrogens is 462 g/mol. The minimum absolute atomic E-state index is 0.118. The number of hydrogen-bond donors (Lipinski definition) is 0. The lowest BCUT2D eigenvalue weighted by atomic mass is 9.98. The SMILES string of the molecule is CN(Cc1ccc(-c2ccc(S(C)(=O)=O)cc2)nc1)C1CCN(C(=O)O[C@H]2C[C@@H]3CC[C@@H]2C3)CC1. The number of pyridine rings is 1. The standard InChI is InChI=1S/C27H35N3O4S/c1-29(18-20-4-10-25(28-17-20)21-6-8-24(9-7-21)35(2,32)33)23-11-13-30(14-12-23)27(31)34-26-16-19-3-5-22(26)15-19/h4,6-10,17,19,22-23,26H,3,5,11-16,18H2,1-2H3/t19-,22-,26+/m1/s1. The Morgan fingerprint density at radius 3 is 2.37 bits per heavy atom. The Kier molecular flexibility index (Phi) is 6.86. The van der Waals surface area contributed by atoms with Crippen LogP contribution < -0.4 is 0 Å². The molecule has 2 saturated carbocycles. The van der Waals surface area contributed by atoms with Gasteiger partial charge >= 0.3 is 6.09 Å². The number of amides is 1. The van der Waals surface area contributed by atoms with Gasteiger partial charge in [-0.05, 0) is 81.2 Å². The van der Waals surface area contributed by atoms with Crippen molar-refractivity contribution in [1.29, 1.82) is 0 Å². The molecule has 1 aliphatic heterocycles. The highest BCUT2D eigenvalue weighted by molar-refractivity contribution is 7.90. The summed E-state index contributed by atoms with van der Waals surface area (Å²) >= 11 is 0.